The summed E-state index contributed by atoms with van der Waals surface area (Å²) in [6.45, 7) is 1.80. The second-order valence-corrected chi connectivity index (χ2v) is 5.69. The van der Waals surface area contributed by atoms with Crippen molar-refractivity contribution in [2.45, 2.75) is 6.92 Å². The molecule has 0 aliphatic heterocycles. The van der Waals surface area contributed by atoms with Gasteiger partial charge in [0.15, 0.2) is 5.82 Å². The molecule has 0 unspecified atom stereocenters. The molecule has 2 aromatic carbocycles. The first-order valence-corrected chi connectivity index (χ1v) is 7.55. The molecule has 0 bridgehead atoms. The van der Waals surface area contributed by atoms with Crippen LogP contribution in [0.1, 0.15) is 16.1 Å². The Hall–Kier alpha value is -2.37. The standard InChI is InChI=1S/C16H12Cl2N4O/c1-9-15(20-14-8-10(17)6-7-13(14)19-9)21-22-16(23)11-4-2-3-5-12(11)18/h2-8H,1H3,(H,20,21)(H,22,23). The van der Waals surface area contributed by atoms with Gasteiger partial charge in [-0.2, -0.15) is 0 Å². The van der Waals surface area contributed by atoms with Crippen LogP contribution in [0.4, 0.5) is 5.82 Å². The number of nitrogens with zero attached hydrogens (tertiary/aromatic N) is 2. The lowest BCUT2D eigenvalue weighted by molar-refractivity contribution is 0.0962. The van der Waals surface area contributed by atoms with Crippen molar-refractivity contribution < 1.29 is 4.79 Å². The third kappa shape index (κ3) is 3.36. The number of hydrogen-bond donors (Lipinski definition) is 2. The highest BCUT2D eigenvalue weighted by Crippen LogP contribution is 2.20. The van der Waals surface area contributed by atoms with Crippen LogP contribution in [-0.4, -0.2) is 15.9 Å². The monoisotopic (exact) mass is 346 g/mol. The van der Waals surface area contributed by atoms with Crippen LogP contribution < -0.4 is 10.9 Å². The topological polar surface area (TPSA) is 66.9 Å². The number of amides is 1. The van der Waals surface area contributed by atoms with Gasteiger partial charge in [-0.05, 0) is 37.3 Å². The van der Waals surface area contributed by atoms with E-state index in [0.717, 1.165) is 5.52 Å². The first-order valence-electron chi connectivity index (χ1n) is 6.79. The van der Waals surface area contributed by atoms with E-state index in [9.17, 15) is 4.79 Å². The minimum Gasteiger partial charge on any atom is -0.280 e. The van der Waals surface area contributed by atoms with E-state index >= 15 is 0 Å². The summed E-state index contributed by atoms with van der Waals surface area (Å²) in [7, 11) is 0. The van der Waals surface area contributed by atoms with Gasteiger partial charge < -0.3 is 0 Å². The summed E-state index contributed by atoms with van der Waals surface area (Å²) in [6.07, 6.45) is 0. The van der Waals surface area contributed by atoms with Crippen molar-refractivity contribution in [3.63, 3.8) is 0 Å². The molecule has 0 atom stereocenters. The van der Waals surface area contributed by atoms with Crippen molar-refractivity contribution in [2.24, 2.45) is 0 Å². The van der Waals surface area contributed by atoms with Gasteiger partial charge in [-0.25, -0.2) is 9.97 Å². The first-order chi connectivity index (χ1) is 11.0. The van der Waals surface area contributed by atoms with E-state index in [2.05, 4.69) is 20.8 Å². The van der Waals surface area contributed by atoms with Crippen molar-refractivity contribution in [1.82, 2.24) is 15.4 Å². The summed E-state index contributed by atoms with van der Waals surface area (Å²) < 4.78 is 0. The van der Waals surface area contributed by atoms with Gasteiger partial charge in [0, 0.05) is 5.02 Å². The number of carbonyl (C=O) groups is 1. The molecule has 2 N–H and O–H groups in total. The molecule has 0 aliphatic carbocycles. The van der Waals surface area contributed by atoms with Gasteiger partial charge in [-0.15, -0.1) is 0 Å². The molecule has 3 aromatic rings. The van der Waals surface area contributed by atoms with Crippen LogP contribution in [-0.2, 0) is 0 Å². The number of benzene rings is 2. The highest BCUT2D eigenvalue weighted by atomic mass is 35.5. The Morgan fingerprint density at radius 2 is 1.83 bits per heavy atom. The van der Waals surface area contributed by atoms with Gasteiger partial charge in [0.2, 0.25) is 0 Å². The van der Waals surface area contributed by atoms with Gasteiger partial charge >= 0.3 is 0 Å². The highest BCUT2D eigenvalue weighted by Gasteiger charge is 2.11. The van der Waals surface area contributed by atoms with Crippen LogP contribution >= 0.6 is 23.2 Å². The fourth-order valence-electron chi connectivity index (χ4n) is 2.06. The average molecular weight is 347 g/mol. The zero-order valence-corrected chi connectivity index (χ0v) is 13.6. The number of fused-ring (bicyclic) bond motifs is 1. The Labute approximate surface area is 142 Å². The number of carbonyl (C=O) groups excluding carboxylic acids is 1. The number of aromatic nitrogens is 2. The molecule has 0 radical (unpaired) electrons. The third-order valence-corrected chi connectivity index (χ3v) is 3.78. The lowest BCUT2D eigenvalue weighted by Crippen LogP contribution is -2.30. The smallest absolute Gasteiger partial charge is 0.271 e. The first kappa shape index (κ1) is 15.5. The number of aryl methyl sites for hydroxylation is 1. The Bertz CT molecular complexity index is 898. The minimum absolute atomic E-state index is 0.358. The maximum absolute atomic E-state index is 12.1. The Morgan fingerprint density at radius 3 is 2.61 bits per heavy atom. The molecule has 0 aliphatic rings. The molecule has 116 valence electrons. The SMILES string of the molecule is Cc1nc2ccc(Cl)cc2nc1NNC(=O)c1ccccc1Cl. The van der Waals surface area contributed by atoms with E-state index in [1.807, 2.05) is 0 Å². The number of anilines is 1. The number of rotatable bonds is 3. The van der Waals surface area contributed by atoms with Crippen molar-refractivity contribution in [3.05, 3.63) is 63.8 Å². The van der Waals surface area contributed by atoms with E-state index in [1.165, 1.54) is 0 Å². The van der Waals surface area contributed by atoms with E-state index in [1.54, 1.807) is 49.4 Å². The molecule has 1 aromatic heterocycles. The van der Waals surface area contributed by atoms with Crippen molar-refractivity contribution >= 4 is 46.0 Å². The summed E-state index contributed by atoms with van der Waals surface area (Å²) >= 11 is 12.0. The van der Waals surface area contributed by atoms with Crippen LogP contribution in [0, 0.1) is 6.92 Å². The Morgan fingerprint density at radius 1 is 1.04 bits per heavy atom. The lowest BCUT2D eigenvalue weighted by atomic mass is 10.2. The second-order valence-electron chi connectivity index (χ2n) is 4.85. The van der Waals surface area contributed by atoms with Crippen LogP contribution in [0.5, 0.6) is 0 Å². The molecule has 3 rings (SSSR count). The Balaban J connectivity index is 1.83. The maximum Gasteiger partial charge on any atom is 0.271 e. The summed E-state index contributed by atoms with van der Waals surface area (Å²) in [4.78, 5) is 21.0. The summed E-state index contributed by atoms with van der Waals surface area (Å²) in [6, 6.07) is 12.1. The number of halogens is 2. The predicted molar refractivity (Wildman–Crippen MR) is 91.8 cm³/mol. The molecular weight excluding hydrogens is 335 g/mol. The van der Waals surface area contributed by atoms with Gasteiger partial charge in [0.1, 0.15) is 0 Å². The number of nitrogens with one attached hydrogen (secondary N) is 2. The van der Waals surface area contributed by atoms with Crippen molar-refractivity contribution in [1.29, 1.82) is 0 Å². The fourth-order valence-corrected chi connectivity index (χ4v) is 2.45. The summed E-state index contributed by atoms with van der Waals surface area (Å²) in [5.41, 5.74) is 7.73. The normalized spacial score (nSPS) is 10.6. The highest BCUT2D eigenvalue weighted by molar-refractivity contribution is 6.33. The molecule has 0 saturated carbocycles. The van der Waals surface area contributed by atoms with Gasteiger partial charge in [-0.1, -0.05) is 35.3 Å². The van der Waals surface area contributed by atoms with Crippen molar-refractivity contribution in [3.8, 4) is 0 Å². The van der Waals surface area contributed by atoms with Gasteiger partial charge in [0.25, 0.3) is 5.91 Å². The van der Waals surface area contributed by atoms with Crippen LogP contribution in [0.3, 0.4) is 0 Å². The molecule has 7 heteroatoms. The second kappa shape index (κ2) is 6.40. The van der Waals surface area contributed by atoms with E-state index in [4.69, 9.17) is 23.2 Å². The van der Waals surface area contributed by atoms with Crippen LogP contribution in [0.2, 0.25) is 10.0 Å². The van der Waals surface area contributed by atoms with Crippen molar-refractivity contribution in [2.75, 3.05) is 5.43 Å². The van der Waals surface area contributed by atoms with Crippen LogP contribution in [0.25, 0.3) is 11.0 Å². The molecule has 0 saturated heterocycles. The molecule has 5 nitrogen and oxygen atoms in total. The molecule has 1 heterocycles. The van der Waals surface area contributed by atoms with E-state index in [0.29, 0.717) is 32.6 Å². The third-order valence-electron chi connectivity index (χ3n) is 3.21. The van der Waals surface area contributed by atoms with E-state index < -0.39 is 0 Å². The Kier molecular flexibility index (Phi) is 4.32. The number of hydrogen-bond acceptors (Lipinski definition) is 4. The van der Waals surface area contributed by atoms with Crippen LogP contribution in [0.15, 0.2) is 42.5 Å². The summed E-state index contributed by atoms with van der Waals surface area (Å²) in [5.74, 6) is 0.0863. The largest absolute Gasteiger partial charge is 0.280 e. The lowest BCUT2D eigenvalue weighted by Gasteiger charge is -2.11. The number of hydrazine groups is 1. The molecule has 1 amide bonds. The van der Waals surface area contributed by atoms with Gasteiger partial charge in [-0.3, -0.25) is 15.6 Å². The average Bonchev–Trinajstić information content (AvgIpc) is 2.53. The zero-order valence-electron chi connectivity index (χ0n) is 12.1. The zero-order chi connectivity index (χ0) is 16.4. The minimum atomic E-state index is -0.358. The fraction of sp³-hybridized carbons (Fsp3) is 0.0625. The molecular formula is C16H12Cl2N4O. The quantitative estimate of drug-likeness (QED) is 0.703. The summed E-state index contributed by atoms with van der Waals surface area (Å²) in [5, 5.41) is 0.946. The van der Waals surface area contributed by atoms with E-state index in [-0.39, 0.29) is 5.91 Å². The molecule has 23 heavy (non-hydrogen) atoms. The predicted octanol–water partition coefficient (Wildman–Crippen LogP) is 4.00. The molecule has 0 spiro atoms. The maximum atomic E-state index is 12.1. The van der Waals surface area contributed by atoms with Gasteiger partial charge in [0.05, 0.1) is 27.3 Å². The molecule has 0 fully saturated rings.